The third-order valence-electron chi connectivity index (χ3n) is 5.56. The molecule has 1 aromatic heterocycles. The maximum atomic E-state index is 13.9. The fraction of sp³-hybridized carbons (Fsp3) is 0.478. The lowest BCUT2D eigenvalue weighted by Gasteiger charge is -2.26. The molecule has 7 nitrogen and oxygen atoms in total. The molecule has 3 N–H and O–H groups in total. The van der Waals surface area contributed by atoms with Gasteiger partial charge in [0, 0.05) is 60.9 Å². The van der Waals surface area contributed by atoms with Crippen molar-refractivity contribution in [2.45, 2.75) is 45.7 Å². The number of carboxylic acids is 1. The minimum Gasteiger partial charge on any atom is -0.481 e. The summed E-state index contributed by atoms with van der Waals surface area (Å²) in [7, 11) is 0. The van der Waals surface area contributed by atoms with E-state index in [1.54, 1.807) is 13.0 Å². The van der Waals surface area contributed by atoms with Gasteiger partial charge in [-0.25, -0.2) is 9.18 Å². The second kappa shape index (κ2) is 9.96. The molecule has 168 valence electrons. The minimum absolute atomic E-state index is 0.107. The minimum atomic E-state index is -0.942. The molecule has 0 saturated heterocycles. The van der Waals surface area contributed by atoms with E-state index in [1.165, 1.54) is 11.6 Å². The van der Waals surface area contributed by atoms with Crippen molar-refractivity contribution in [1.82, 2.24) is 20.1 Å². The number of hydrogen-bond acceptors (Lipinski definition) is 3. The lowest BCUT2D eigenvalue weighted by molar-refractivity contribution is -0.137. The first-order chi connectivity index (χ1) is 14.7. The van der Waals surface area contributed by atoms with Gasteiger partial charge in [-0.3, -0.25) is 9.69 Å². The molecule has 1 atom stereocenters. The first-order valence-corrected chi connectivity index (χ1v) is 10.7. The van der Waals surface area contributed by atoms with Gasteiger partial charge in [0.1, 0.15) is 5.82 Å². The van der Waals surface area contributed by atoms with E-state index in [1.807, 2.05) is 6.07 Å². The topological polar surface area (TPSA) is 86.6 Å². The summed E-state index contributed by atoms with van der Waals surface area (Å²) < 4.78 is 16.1. The maximum absolute atomic E-state index is 13.9. The van der Waals surface area contributed by atoms with Gasteiger partial charge in [-0.15, -0.1) is 0 Å². The number of fused-ring (bicyclic) bond motifs is 1. The molecule has 2 aromatic rings. The summed E-state index contributed by atoms with van der Waals surface area (Å²) in [4.78, 5) is 24.7. The Hall–Kier alpha value is -2.87. The molecule has 2 amide bonds. The molecule has 8 heteroatoms. The largest absolute Gasteiger partial charge is 0.481 e. The zero-order valence-corrected chi connectivity index (χ0v) is 18.3. The van der Waals surface area contributed by atoms with Crippen molar-refractivity contribution in [3.63, 3.8) is 0 Å². The van der Waals surface area contributed by atoms with Crippen LogP contribution in [0.3, 0.4) is 0 Å². The van der Waals surface area contributed by atoms with E-state index >= 15 is 0 Å². The summed E-state index contributed by atoms with van der Waals surface area (Å²) in [5, 5.41) is 15.1. The summed E-state index contributed by atoms with van der Waals surface area (Å²) in [6.45, 7) is 8.70. The van der Waals surface area contributed by atoms with E-state index in [9.17, 15) is 14.0 Å². The lowest BCUT2D eigenvalue weighted by Crippen LogP contribution is -2.44. The quantitative estimate of drug-likeness (QED) is 0.597. The predicted molar refractivity (Wildman–Crippen MR) is 120 cm³/mol. The molecule has 0 aliphatic carbocycles. The van der Waals surface area contributed by atoms with E-state index < -0.39 is 12.0 Å². The average Bonchev–Trinajstić information content (AvgIpc) is 3.06. The Kier molecular flexibility index (Phi) is 7.33. The third-order valence-corrected chi connectivity index (χ3v) is 5.56. The van der Waals surface area contributed by atoms with Gasteiger partial charge in [-0.2, -0.15) is 0 Å². The molecule has 0 unspecified atom stereocenters. The molecule has 0 spiro atoms. The molecule has 31 heavy (non-hydrogen) atoms. The van der Waals surface area contributed by atoms with E-state index in [0.717, 1.165) is 36.0 Å². The number of carbonyl (C=O) groups is 2. The van der Waals surface area contributed by atoms with E-state index in [4.69, 9.17) is 5.11 Å². The van der Waals surface area contributed by atoms with Crippen molar-refractivity contribution in [3.8, 4) is 0 Å². The van der Waals surface area contributed by atoms with E-state index in [2.05, 4.69) is 46.2 Å². The molecule has 0 bridgehead atoms. The van der Waals surface area contributed by atoms with Crippen molar-refractivity contribution in [1.29, 1.82) is 0 Å². The van der Waals surface area contributed by atoms with Crippen LogP contribution in [0, 0.1) is 5.82 Å². The fourth-order valence-corrected chi connectivity index (χ4v) is 3.98. The Balaban J connectivity index is 1.57. The zero-order chi connectivity index (χ0) is 22.5. The van der Waals surface area contributed by atoms with Crippen LogP contribution in [0.15, 0.2) is 30.5 Å². The highest BCUT2D eigenvalue weighted by Gasteiger charge is 2.19. The highest BCUT2D eigenvalue weighted by molar-refractivity contribution is 5.93. The average molecular weight is 431 g/mol. The number of halogens is 1. The molecular formula is C23H31FN4O3. The lowest BCUT2D eigenvalue weighted by atomic mass is 9.99. The second-order valence-corrected chi connectivity index (χ2v) is 8.38. The molecule has 3 rings (SSSR count). The number of amides is 2. The molecular weight excluding hydrogens is 399 g/mol. The predicted octanol–water partition coefficient (Wildman–Crippen LogP) is 3.61. The number of carbonyl (C=O) groups excluding carboxylic acids is 1. The number of aliphatic carboxylic acids is 1. The number of nitrogens with one attached hydrogen (secondary N) is 2. The Morgan fingerprint density at radius 3 is 2.68 bits per heavy atom. The van der Waals surface area contributed by atoms with Crippen LogP contribution in [0.2, 0.25) is 0 Å². The van der Waals surface area contributed by atoms with Crippen LogP contribution in [-0.4, -0.2) is 58.8 Å². The van der Waals surface area contributed by atoms with Gasteiger partial charge in [-0.1, -0.05) is 6.08 Å². The number of aromatic nitrogens is 1. The molecule has 0 saturated carbocycles. The SMILES string of the molecule is CC(C)n1cc(C2=CCN(CCNC(=O)N[C@@H](C)CC(=O)O)CC2)c2cc(F)ccc21. The second-order valence-electron chi connectivity index (χ2n) is 8.38. The van der Waals surface area contributed by atoms with Gasteiger partial charge < -0.3 is 20.3 Å². The van der Waals surface area contributed by atoms with Gasteiger partial charge in [0.05, 0.1) is 6.42 Å². The first-order valence-electron chi connectivity index (χ1n) is 10.7. The van der Waals surface area contributed by atoms with Gasteiger partial charge in [0.25, 0.3) is 0 Å². The number of rotatable bonds is 8. The van der Waals surface area contributed by atoms with Crippen LogP contribution in [0.1, 0.15) is 45.2 Å². The molecule has 1 aliphatic heterocycles. The van der Waals surface area contributed by atoms with Gasteiger partial charge in [0.2, 0.25) is 0 Å². The maximum Gasteiger partial charge on any atom is 0.315 e. The van der Waals surface area contributed by atoms with Crippen LogP contribution in [-0.2, 0) is 4.79 Å². The Labute approximate surface area is 181 Å². The smallest absolute Gasteiger partial charge is 0.315 e. The van der Waals surface area contributed by atoms with Crippen molar-refractivity contribution in [3.05, 3.63) is 41.9 Å². The van der Waals surface area contributed by atoms with Gasteiger partial charge >= 0.3 is 12.0 Å². The highest BCUT2D eigenvalue weighted by atomic mass is 19.1. The van der Waals surface area contributed by atoms with Crippen LogP contribution in [0.5, 0.6) is 0 Å². The summed E-state index contributed by atoms with van der Waals surface area (Å²) in [6.07, 6.45) is 5.06. The number of urea groups is 1. The van der Waals surface area contributed by atoms with Crippen molar-refractivity contribution >= 4 is 28.5 Å². The Morgan fingerprint density at radius 1 is 1.26 bits per heavy atom. The molecule has 1 aliphatic rings. The van der Waals surface area contributed by atoms with Crippen LogP contribution in [0.4, 0.5) is 9.18 Å². The third kappa shape index (κ3) is 5.85. The van der Waals surface area contributed by atoms with E-state index in [-0.39, 0.29) is 24.3 Å². The number of hydrogen-bond donors (Lipinski definition) is 3. The van der Waals surface area contributed by atoms with Crippen LogP contribution in [0.25, 0.3) is 16.5 Å². The monoisotopic (exact) mass is 430 g/mol. The standard InChI is InChI=1S/C23H31FN4O3/c1-15(2)28-14-20(19-13-18(24)4-5-21(19)28)17-6-9-27(10-7-17)11-8-25-23(31)26-16(3)12-22(29)30/h4-6,13-16H,7-12H2,1-3H3,(H,29,30)(H2,25,26,31)/t16-/m0/s1. The van der Waals surface area contributed by atoms with Crippen molar-refractivity contribution in [2.75, 3.05) is 26.2 Å². The molecule has 0 radical (unpaired) electrons. The zero-order valence-electron chi connectivity index (χ0n) is 18.3. The number of carboxylic acid groups (broad SMARTS) is 1. The number of benzene rings is 1. The Morgan fingerprint density at radius 2 is 2.03 bits per heavy atom. The highest BCUT2D eigenvalue weighted by Crippen LogP contribution is 2.33. The summed E-state index contributed by atoms with van der Waals surface area (Å²) in [5.74, 6) is -1.17. The Bertz CT molecular complexity index is 983. The van der Waals surface area contributed by atoms with Gasteiger partial charge in [0.15, 0.2) is 0 Å². The fourth-order valence-electron chi connectivity index (χ4n) is 3.98. The summed E-state index contributed by atoms with van der Waals surface area (Å²) in [5.41, 5.74) is 3.36. The molecule has 2 heterocycles. The van der Waals surface area contributed by atoms with Crippen LogP contribution >= 0.6 is 0 Å². The first kappa shape index (κ1) is 22.8. The summed E-state index contributed by atoms with van der Waals surface area (Å²) >= 11 is 0. The number of nitrogens with zero attached hydrogens (tertiary/aromatic N) is 2. The molecule has 0 fully saturated rings. The van der Waals surface area contributed by atoms with Crippen molar-refractivity contribution < 1.29 is 19.1 Å². The van der Waals surface area contributed by atoms with Crippen molar-refractivity contribution in [2.24, 2.45) is 0 Å². The molecule has 1 aromatic carbocycles. The van der Waals surface area contributed by atoms with Crippen LogP contribution < -0.4 is 10.6 Å². The normalized spacial score (nSPS) is 15.7. The van der Waals surface area contributed by atoms with E-state index in [0.29, 0.717) is 13.1 Å². The van der Waals surface area contributed by atoms with Gasteiger partial charge in [-0.05, 0) is 51.0 Å². The summed E-state index contributed by atoms with van der Waals surface area (Å²) in [6, 6.07) is 4.48.